The Labute approximate surface area is 392 Å². The average Bonchev–Trinajstić information content (AvgIpc) is 3.28. The molecule has 0 radical (unpaired) electrons. The molecule has 0 bridgehead atoms. The van der Waals surface area contributed by atoms with E-state index in [0.717, 1.165) is 70.6 Å². The summed E-state index contributed by atoms with van der Waals surface area (Å²) >= 11 is 0. The number of hydrogen-bond acceptors (Lipinski definition) is 6. The highest BCUT2D eigenvalue weighted by atomic mass is 16.6. The predicted molar refractivity (Wildman–Crippen MR) is 270 cm³/mol. The van der Waals surface area contributed by atoms with Gasteiger partial charge in [-0.1, -0.05) is 257 Å². The smallest absolute Gasteiger partial charge is 0.306 e. The third-order valence-electron chi connectivity index (χ3n) is 12.5. The van der Waals surface area contributed by atoms with Crippen LogP contribution in [0.1, 0.15) is 303 Å². The number of carbonyl (C=O) groups is 3. The van der Waals surface area contributed by atoms with Crippen molar-refractivity contribution >= 4 is 17.9 Å². The maximum atomic E-state index is 12.8. The first-order valence-corrected chi connectivity index (χ1v) is 27.8. The van der Waals surface area contributed by atoms with Crippen molar-refractivity contribution in [2.75, 3.05) is 13.2 Å². The van der Waals surface area contributed by atoms with Crippen molar-refractivity contribution in [3.63, 3.8) is 0 Å². The first kappa shape index (κ1) is 60.9. The Morgan fingerprint density at radius 3 is 0.889 bits per heavy atom. The second-order valence-corrected chi connectivity index (χ2v) is 18.9. The van der Waals surface area contributed by atoms with Crippen LogP contribution in [0.4, 0.5) is 0 Å². The summed E-state index contributed by atoms with van der Waals surface area (Å²) in [6.45, 7) is 6.65. The molecule has 1 atom stereocenters. The Kier molecular flexibility index (Phi) is 50.8. The second kappa shape index (κ2) is 52.5. The van der Waals surface area contributed by atoms with Gasteiger partial charge >= 0.3 is 17.9 Å². The fourth-order valence-electron chi connectivity index (χ4n) is 8.24. The summed E-state index contributed by atoms with van der Waals surface area (Å²) in [5.41, 5.74) is 0. The molecule has 0 saturated carbocycles. The van der Waals surface area contributed by atoms with Gasteiger partial charge in [-0.15, -0.1) is 0 Å². The number of esters is 3. The molecule has 0 rings (SSSR count). The van der Waals surface area contributed by atoms with E-state index in [2.05, 4.69) is 45.1 Å². The van der Waals surface area contributed by atoms with Gasteiger partial charge in [-0.25, -0.2) is 0 Å². The predicted octanol–water partition coefficient (Wildman–Crippen LogP) is 18.3. The van der Waals surface area contributed by atoms with Crippen LogP contribution in [0.2, 0.25) is 0 Å². The molecule has 63 heavy (non-hydrogen) atoms. The van der Waals surface area contributed by atoms with Crippen LogP contribution in [-0.4, -0.2) is 37.2 Å². The van der Waals surface area contributed by atoms with Gasteiger partial charge in [0.2, 0.25) is 0 Å². The van der Waals surface area contributed by atoms with Crippen LogP contribution in [0, 0.1) is 0 Å². The number of unbranched alkanes of at least 4 members (excludes halogenated alkanes) is 36. The highest BCUT2D eigenvalue weighted by molar-refractivity contribution is 5.71. The Morgan fingerprint density at radius 2 is 0.571 bits per heavy atom. The van der Waals surface area contributed by atoms with Crippen LogP contribution in [0.25, 0.3) is 0 Å². The van der Waals surface area contributed by atoms with E-state index in [-0.39, 0.29) is 31.1 Å². The molecule has 0 aliphatic heterocycles. The van der Waals surface area contributed by atoms with E-state index in [1.807, 2.05) is 0 Å². The number of allylic oxidation sites excluding steroid dienone is 4. The summed E-state index contributed by atoms with van der Waals surface area (Å²) in [5.74, 6) is -0.858. The standard InChI is InChI=1S/C57H106O6/c1-4-7-10-13-16-19-22-25-27-28-29-31-32-35-38-41-44-47-50-56(59)62-53-54(52-61-55(58)49-46-43-40-37-34-24-21-18-15-12-9-6-3)63-57(60)51-48-45-42-39-36-33-30-26-23-20-17-14-11-8-5-2/h19,22,27-28,54H,4-18,20-21,23-26,29-53H2,1-3H3/b22-19-,28-27-. The minimum absolute atomic E-state index is 0.0685. The molecule has 0 heterocycles. The fraction of sp³-hybridized carbons (Fsp3) is 0.877. The van der Waals surface area contributed by atoms with E-state index in [9.17, 15) is 14.4 Å². The first-order valence-electron chi connectivity index (χ1n) is 27.8. The molecule has 1 unspecified atom stereocenters. The van der Waals surface area contributed by atoms with Crippen molar-refractivity contribution < 1.29 is 28.6 Å². The van der Waals surface area contributed by atoms with Gasteiger partial charge in [-0.05, 0) is 51.4 Å². The highest BCUT2D eigenvalue weighted by Gasteiger charge is 2.19. The monoisotopic (exact) mass is 887 g/mol. The van der Waals surface area contributed by atoms with Gasteiger partial charge < -0.3 is 14.2 Å². The molecule has 0 aliphatic rings. The molecule has 0 aromatic carbocycles. The van der Waals surface area contributed by atoms with Crippen LogP contribution in [0.3, 0.4) is 0 Å². The van der Waals surface area contributed by atoms with Gasteiger partial charge in [0.05, 0.1) is 0 Å². The molecule has 0 aromatic heterocycles. The Morgan fingerprint density at radius 1 is 0.317 bits per heavy atom. The molecular formula is C57H106O6. The molecule has 6 heteroatoms. The minimum atomic E-state index is -0.768. The van der Waals surface area contributed by atoms with Crippen molar-refractivity contribution in [3.8, 4) is 0 Å². The van der Waals surface area contributed by atoms with Crippen molar-refractivity contribution in [1.82, 2.24) is 0 Å². The van der Waals surface area contributed by atoms with E-state index in [0.29, 0.717) is 19.3 Å². The van der Waals surface area contributed by atoms with Crippen LogP contribution < -0.4 is 0 Å². The molecule has 0 amide bonds. The van der Waals surface area contributed by atoms with E-state index in [1.165, 1.54) is 193 Å². The fourth-order valence-corrected chi connectivity index (χ4v) is 8.24. The normalized spacial score (nSPS) is 12.1. The second-order valence-electron chi connectivity index (χ2n) is 18.9. The van der Waals surface area contributed by atoms with Crippen LogP contribution in [0.15, 0.2) is 24.3 Å². The maximum absolute atomic E-state index is 12.8. The third kappa shape index (κ3) is 50.7. The lowest BCUT2D eigenvalue weighted by Crippen LogP contribution is -2.30. The SMILES string of the molecule is CCCCCC/C=C\C/C=C\CCCCCCCCCC(=O)OCC(COC(=O)CCCCCCCCCCCCCC)OC(=O)CCCCCCCCCCCCCCCCC. The summed E-state index contributed by atoms with van der Waals surface area (Å²) in [5, 5.41) is 0. The number of ether oxygens (including phenoxy) is 3. The minimum Gasteiger partial charge on any atom is -0.462 e. The quantitative estimate of drug-likeness (QED) is 0.0262. The molecule has 0 aromatic rings. The molecular weight excluding hydrogens is 781 g/mol. The molecule has 6 nitrogen and oxygen atoms in total. The first-order chi connectivity index (χ1) is 31.0. The van der Waals surface area contributed by atoms with Crippen molar-refractivity contribution in [3.05, 3.63) is 24.3 Å². The zero-order chi connectivity index (χ0) is 45.8. The molecule has 0 aliphatic carbocycles. The zero-order valence-corrected chi connectivity index (χ0v) is 42.4. The summed E-state index contributed by atoms with van der Waals surface area (Å²) in [7, 11) is 0. The van der Waals surface area contributed by atoms with Gasteiger partial charge in [0.15, 0.2) is 6.10 Å². The third-order valence-corrected chi connectivity index (χ3v) is 12.5. The average molecular weight is 887 g/mol. The van der Waals surface area contributed by atoms with Gasteiger partial charge in [0.1, 0.15) is 13.2 Å². The lowest BCUT2D eigenvalue weighted by atomic mass is 10.0. The topological polar surface area (TPSA) is 78.9 Å². The summed E-state index contributed by atoms with van der Waals surface area (Å²) in [6, 6.07) is 0. The molecule has 0 spiro atoms. The summed E-state index contributed by atoms with van der Waals surface area (Å²) in [6.07, 6.45) is 60.1. The van der Waals surface area contributed by atoms with Crippen molar-refractivity contribution in [2.24, 2.45) is 0 Å². The van der Waals surface area contributed by atoms with Crippen molar-refractivity contribution in [2.45, 2.75) is 309 Å². The Hall–Kier alpha value is -2.11. The van der Waals surface area contributed by atoms with E-state index in [4.69, 9.17) is 14.2 Å². The lowest BCUT2D eigenvalue weighted by molar-refractivity contribution is -0.167. The van der Waals surface area contributed by atoms with Gasteiger partial charge in [-0.3, -0.25) is 14.4 Å². The number of rotatable bonds is 51. The van der Waals surface area contributed by atoms with E-state index < -0.39 is 6.10 Å². The lowest BCUT2D eigenvalue weighted by Gasteiger charge is -2.18. The highest BCUT2D eigenvalue weighted by Crippen LogP contribution is 2.16. The Balaban J connectivity index is 4.32. The molecule has 370 valence electrons. The molecule has 0 fully saturated rings. The summed E-state index contributed by atoms with van der Waals surface area (Å²) in [4.78, 5) is 38.0. The van der Waals surface area contributed by atoms with E-state index >= 15 is 0 Å². The van der Waals surface area contributed by atoms with Crippen LogP contribution >= 0.6 is 0 Å². The molecule has 0 N–H and O–H groups in total. The Bertz CT molecular complexity index is 1020. The number of carbonyl (C=O) groups excluding carboxylic acids is 3. The van der Waals surface area contributed by atoms with E-state index in [1.54, 1.807) is 0 Å². The zero-order valence-electron chi connectivity index (χ0n) is 42.4. The summed E-state index contributed by atoms with van der Waals surface area (Å²) < 4.78 is 16.8. The van der Waals surface area contributed by atoms with Gasteiger partial charge in [0, 0.05) is 19.3 Å². The van der Waals surface area contributed by atoms with Gasteiger partial charge in [-0.2, -0.15) is 0 Å². The number of hydrogen-bond donors (Lipinski definition) is 0. The van der Waals surface area contributed by atoms with Gasteiger partial charge in [0.25, 0.3) is 0 Å². The largest absolute Gasteiger partial charge is 0.462 e. The van der Waals surface area contributed by atoms with Crippen molar-refractivity contribution in [1.29, 1.82) is 0 Å². The van der Waals surface area contributed by atoms with Crippen LogP contribution in [0.5, 0.6) is 0 Å². The maximum Gasteiger partial charge on any atom is 0.306 e. The molecule has 0 saturated heterocycles. The van der Waals surface area contributed by atoms with Crippen LogP contribution in [-0.2, 0) is 28.6 Å².